The molecule has 0 spiro atoms. The number of piperidine rings is 1. The lowest BCUT2D eigenvalue weighted by molar-refractivity contribution is 0.153. The Bertz CT molecular complexity index is 404. The minimum absolute atomic E-state index is 0.167. The molecular formula is C17H27FN2. The van der Waals surface area contributed by atoms with Gasteiger partial charge >= 0.3 is 0 Å². The number of hydrogen-bond donors (Lipinski definition) is 1. The maximum absolute atomic E-state index is 13.0. The van der Waals surface area contributed by atoms with E-state index in [-0.39, 0.29) is 11.9 Å². The molecule has 1 aromatic carbocycles. The van der Waals surface area contributed by atoms with Crippen LogP contribution in [0.2, 0.25) is 0 Å². The van der Waals surface area contributed by atoms with Gasteiger partial charge in [0.15, 0.2) is 0 Å². The average molecular weight is 278 g/mol. The van der Waals surface area contributed by atoms with E-state index in [0.29, 0.717) is 12.0 Å². The van der Waals surface area contributed by atoms with Crippen LogP contribution in [-0.2, 0) is 0 Å². The van der Waals surface area contributed by atoms with Gasteiger partial charge in [0.1, 0.15) is 5.82 Å². The number of nitrogens with one attached hydrogen (secondary N) is 1. The van der Waals surface area contributed by atoms with E-state index < -0.39 is 0 Å². The Kier molecular flexibility index (Phi) is 5.55. The molecule has 1 N–H and O–H groups in total. The van der Waals surface area contributed by atoms with Gasteiger partial charge in [-0.2, -0.15) is 0 Å². The van der Waals surface area contributed by atoms with E-state index >= 15 is 0 Å². The van der Waals surface area contributed by atoms with E-state index in [1.165, 1.54) is 38.1 Å². The fraction of sp³-hybridized carbons (Fsp3) is 0.647. The van der Waals surface area contributed by atoms with Crippen molar-refractivity contribution in [3.05, 3.63) is 35.6 Å². The van der Waals surface area contributed by atoms with Crippen LogP contribution in [-0.4, -0.2) is 30.6 Å². The van der Waals surface area contributed by atoms with Crippen molar-refractivity contribution in [3.8, 4) is 0 Å². The van der Waals surface area contributed by atoms with Gasteiger partial charge in [0.05, 0.1) is 0 Å². The summed E-state index contributed by atoms with van der Waals surface area (Å²) in [6, 6.07) is 7.58. The third-order valence-corrected chi connectivity index (χ3v) is 4.58. The third-order valence-electron chi connectivity index (χ3n) is 4.58. The van der Waals surface area contributed by atoms with Crippen LogP contribution in [0.3, 0.4) is 0 Å². The van der Waals surface area contributed by atoms with Gasteiger partial charge in [-0.15, -0.1) is 0 Å². The molecule has 0 amide bonds. The first-order valence-corrected chi connectivity index (χ1v) is 7.84. The second-order valence-electron chi connectivity index (χ2n) is 6.02. The fourth-order valence-corrected chi connectivity index (χ4v) is 3.16. The molecule has 3 atom stereocenters. The second kappa shape index (κ2) is 7.19. The highest BCUT2D eigenvalue weighted by molar-refractivity contribution is 5.19. The standard InChI is InChI=1S/C17H27FN2/c1-4-20-11-5-6-16(12-20)14(3)19-13(2)15-7-9-17(18)10-8-15/h7-10,13-14,16,19H,4-6,11-12H2,1-3H3/t13-,14?,16?/m1/s1. The molecule has 1 aliphatic rings. The molecule has 2 nitrogen and oxygen atoms in total. The van der Waals surface area contributed by atoms with Crippen molar-refractivity contribution in [1.29, 1.82) is 0 Å². The zero-order chi connectivity index (χ0) is 14.5. The molecule has 0 radical (unpaired) electrons. The lowest BCUT2D eigenvalue weighted by Crippen LogP contribution is -2.44. The summed E-state index contributed by atoms with van der Waals surface area (Å²) in [4.78, 5) is 2.54. The van der Waals surface area contributed by atoms with Crippen molar-refractivity contribution in [1.82, 2.24) is 10.2 Å². The Labute approximate surface area is 122 Å². The average Bonchev–Trinajstić information content (AvgIpc) is 2.47. The molecule has 1 fully saturated rings. The highest BCUT2D eigenvalue weighted by Crippen LogP contribution is 2.22. The van der Waals surface area contributed by atoms with Gasteiger partial charge in [0.2, 0.25) is 0 Å². The fourth-order valence-electron chi connectivity index (χ4n) is 3.16. The van der Waals surface area contributed by atoms with Gasteiger partial charge in [-0.3, -0.25) is 0 Å². The van der Waals surface area contributed by atoms with Gasteiger partial charge in [0, 0.05) is 18.6 Å². The first-order valence-electron chi connectivity index (χ1n) is 7.84. The number of likely N-dealkylation sites (tertiary alicyclic amines) is 1. The van der Waals surface area contributed by atoms with Crippen LogP contribution in [0.25, 0.3) is 0 Å². The van der Waals surface area contributed by atoms with E-state index in [1.807, 2.05) is 12.1 Å². The van der Waals surface area contributed by atoms with E-state index in [2.05, 4.69) is 31.0 Å². The topological polar surface area (TPSA) is 15.3 Å². The molecule has 2 rings (SSSR count). The minimum atomic E-state index is -0.167. The molecule has 0 aromatic heterocycles. The van der Waals surface area contributed by atoms with Gasteiger partial charge < -0.3 is 10.2 Å². The zero-order valence-corrected chi connectivity index (χ0v) is 12.9. The molecule has 1 aromatic rings. The Morgan fingerprint density at radius 3 is 2.65 bits per heavy atom. The molecule has 1 heterocycles. The summed E-state index contributed by atoms with van der Waals surface area (Å²) in [5.74, 6) is 0.548. The van der Waals surface area contributed by atoms with Crippen molar-refractivity contribution < 1.29 is 4.39 Å². The molecular weight excluding hydrogens is 251 g/mol. The van der Waals surface area contributed by atoms with Gasteiger partial charge in [-0.25, -0.2) is 4.39 Å². The lowest BCUT2D eigenvalue weighted by Gasteiger charge is -2.36. The van der Waals surface area contributed by atoms with Gasteiger partial charge in [-0.05, 0) is 63.4 Å². The third kappa shape index (κ3) is 4.03. The van der Waals surface area contributed by atoms with Crippen molar-refractivity contribution >= 4 is 0 Å². The summed E-state index contributed by atoms with van der Waals surface area (Å²) in [5, 5.41) is 3.68. The molecule has 20 heavy (non-hydrogen) atoms. The molecule has 0 bridgehead atoms. The Morgan fingerprint density at radius 2 is 2.00 bits per heavy atom. The molecule has 1 saturated heterocycles. The largest absolute Gasteiger partial charge is 0.307 e. The first-order chi connectivity index (χ1) is 9.60. The lowest BCUT2D eigenvalue weighted by atomic mass is 9.90. The maximum atomic E-state index is 13.0. The molecule has 112 valence electrons. The summed E-state index contributed by atoms with van der Waals surface area (Å²) in [6.45, 7) is 10.3. The number of hydrogen-bond acceptors (Lipinski definition) is 2. The molecule has 0 aliphatic carbocycles. The Hall–Kier alpha value is -0.930. The van der Waals surface area contributed by atoms with Crippen molar-refractivity contribution in [3.63, 3.8) is 0 Å². The smallest absolute Gasteiger partial charge is 0.123 e. The number of nitrogens with zero attached hydrogens (tertiary/aromatic N) is 1. The van der Waals surface area contributed by atoms with Crippen molar-refractivity contribution in [2.45, 2.75) is 45.7 Å². The Morgan fingerprint density at radius 1 is 1.30 bits per heavy atom. The monoisotopic (exact) mass is 278 g/mol. The Balaban J connectivity index is 1.89. The SMILES string of the molecule is CCN1CCCC(C(C)N[C@H](C)c2ccc(F)cc2)C1. The highest BCUT2D eigenvalue weighted by Gasteiger charge is 2.24. The van der Waals surface area contributed by atoms with E-state index in [9.17, 15) is 4.39 Å². The molecule has 2 unspecified atom stereocenters. The van der Waals surface area contributed by atoms with Crippen molar-refractivity contribution in [2.75, 3.05) is 19.6 Å². The minimum Gasteiger partial charge on any atom is -0.307 e. The predicted octanol–water partition coefficient (Wildman–Crippen LogP) is 3.60. The number of rotatable bonds is 5. The van der Waals surface area contributed by atoms with Crippen LogP contribution in [0.4, 0.5) is 4.39 Å². The van der Waals surface area contributed by atoms with Crippen LogP contribution >= 0.6 is 0 Å². The summed E-state index contributed by atoms with van der Waals surface area (Å²) >= 11 is 0. The maximum Gasteiger partial charge on any atom is 0.123 e. The van der Waals surface area contributed by atoms with E-state index in [1.54, 1.807) is 0 Å². The van der Waals surface area contributed by atoms with Gasteiger partial charge in [0.25, 0.3) is 0 Å². The van der Waals surface area contributed by atoms with Crippen LogP contribution in [0.1, 0.15) is 45.2 Å². The second-order valence-corrected chi connectivity index (χ2v) is 6.02. The van der Waals surface area contributed by atoms with Crippen LogP contribution in [0, 0.1) is 11.7 Å². The quantitative estimate of drug-likeness (QED) is 0.885. The van der Waals surface area contributed by atoms with Crippen LogP contribution in [0.5, 0.6) is 0 Å². The number of halogens is 1. The zero-order valence-electron chi connectivity index (χ0n) is 12.9. The van der Waals surface area contributed by atoms with Crippen molar-refractivity contribution in [2.24, 2.45) is 5.92 Å². The summed E-state index contributed by atoms with van der Waals surface area (Å²) in [5.41, 5.74) is 1.15. The predicted molar refractivity (Wildman–Crippen MR) is 82.3 cm³/mol. The summed E-state index contributed by atoms with van der Waals surface area (Å²) in [7, 11) is 0. The highest BCUT2D eigenvalue weighted by atomic mass is 19.1. The normalized spacial score (nSPS) is 23.5. The summed E-state index contributed by atoms with van der Waals surface area (Å²) < 4.78 is 13.0. The van der Waals surface area contributed by atoms with E-state index in [0.717, 1.165) is 12.1 Å². The molecule has 3 heteroatoms. The first kappa shape index (κ1) is 15.5. The van der Waals surface area contributed by atoms with E-state index in [4.69, 9.17) is 0 Å². The van der Waals surface area contributed by atoms with Crippen LogP contribution in [0.15, 0.2) is 24.3 Å². The molecule has 1 aliphatic heterocycles. The van der Waals surface area contributed by atoms with Crippen LogP contribution < -0.4 is 5.32 Å². The van der Waals surface area contributed by atoms with Gasteiger partial charge in [-0.1, -0.05) is 19.1 Å². The number of benzene rings is 1. The summed E-state index contributed by atoms with van der Waals surface area (Å²) in [6.07, 6.45) is 2.61. The molecule has 0 saturated carbocycles.